The van der Waals surface area contributed by atoms with E-state index in [1.807, 2.05) is 45.0 Å². The monoisotopic (exact) mass is 430 g/mol. The zero-order chi connectivity index (χ0) is 22.1. The largest absolute Gasteiger partial charge is 0.352 e. The van der Waals surface area contributed by atoms with Crippen LogP contribution in [0, 0.1) is 12.7 Å². The van der Waals surface area contributed by atoms with Gasteiger partial charge in [0.25, 0.3) is 0 Å². The number of hydrogen-bond donors (Lipinski definition) is 1. The van der Waals surface area contributed by atoms with Crippen molar-refractivity contribution < 1.29 is 14.0 Å². The molecule has 0 heterocycles. The first kappa shape index (κ1) is 23.9. The first-order chi connectivity index (χ1) is 14.3. The van der Waals surface area contributed by atoms with Gasteiger partial charge >= 0.3 is 0 Å². The number of nitrogens with one attached hydrogen (secondary N) is 1. The zero-order valence-electron chi connectivity index (χ0n) is 18.2. The lowest BCUT2D eigenvalue weighted by molar-refractivity contribution is -0.140. The highest BCUT2D eigenvalue weighted by Gasteiger charge is 2.27. The molecule has 2 rings (SSSR count). The molecule has 0 bridgehead atoms. The van der Waals surface area contributed by atoms with Crippen LogP contribution in [0.5, 0.6) is 0 Å². The molecule has 0 radical (unpaired) electrons. The standard InChI is InChI=1S/C24H31FN2O2S/c1-5-18(3)26-24(29)19(4)27(16-20-8-6-7-9-22(20)25)23(28)14-15-30-21-12-10-17(2)11-13-21/h6-13,18-19H,5,14-16H2,1-4H3,(H,26,29)/t18-,19+/m0/s1. The van der Waals surface area contributed by atoms with Crippen LogP contribution < -0.4 is 5.32 Å². The number of carbonyl (C=O) groups is 2. The van der Waals surface area contributed by atoms with Gasteiger partial charge in [0.2, 0.25) is 11.8 Å². The molecule has 6 heteroatoms. The summed E-state index contributed by atoms with van der Waals surface area (Å²) in [6.07, 6.45) is 1.07. The summed E-state index contributed by atoms with van der Waals surface area (Å²) in [6, 6.07) is 13.8. The highest BCUT2D eigenvalue weighted by molar-refractivity contribution is 7.99. The van der Waals surface area contributed by atoms with Crippen LogP contribution in [-0.4, -0.2) is 34.6 Å². The molecular formula is C24H31FN2O2S. The lowest BCUT2D eigenvalue weighted by atomic mass is 10.1. The number of rotatable bonds is 10. The maximum Gasteiger partial charge on any atom is 0.242 e. The lowest BCUT2D eigenvalue weighted by Gasteiger charge is -2.30. The van der Waals surface area contributed by atoms with E-state index in [9.17, 15) is 14.0 Å². The van der Waals surface area contributed by atoms with E-state index in [4.69, 9.17) is 0 Å². The van der Waals surface area contributed by atoms with Crippen molar-refractivity contribution in [2.24, 2.45) is 0 Å². The van der Waals surface area contributed by atoms with Crippen molar-refractivity contribution in [2.45, 2.75) is 64.1 Å². The van der Waals surface area contributed by atoms with Crippen LogP contribution in [0.15, 0.2) is 53.4 Å². The molecule has 2 aromatic rings. The number of aryl methyl sites for hydroxylation is 1. The summed E-state index contributed by atoms with van der Waals surface area (Å²) < 4.78 is 14.2. The molecule has 2 aromatic carbocycles. The molecule has 4 nitrogen and oxygen atoms in total. The van der Waals surface area contributed by atoms with E-state index in [1.54, 1.807) is 36.9 Å². The first-order valence-electron chi connectivity index (χ1n) is 10.3. The van der Waals surface area contributed by atoms with Crippen LogP contribution in [0.4, 0.5) is 4.39 Å². The van der Waals surface area contributed by atoms with E-state index < -0.39 is 6.04 Å². The second-order valence-electron chi connectivity index (χ2n) is 7.52. The Morgan fingerprint density at radius 2 is 1.77 bits per heavy atom. The molecule has 2 atom stereocenters. The van der Waals surface area contributed by atoms with Gasteiger partial charge in [0.05, 0.1) is 0 Å². The van der Waals surface area contributed by atoms with Crippen LogP contribution in [0.1, 0.15) is 44.7 Å². The highest BCUT2D eigenvalue weighted by Crippen LogP contribution is 2.21. The highest BCUT2D eigenvalue weighted by atomic mass is 32.2. The summed E-state index contributed by atoms with van der Waals surface area (Å²) in [5.41, 5.74) is 1.59. The van der Waals surface area contributed by atoms with Crippen LogP contribution in [0.2, 0.25) is 0 Å². The number of hydrogen-bond acceptors (Lipinski definition) is 3. The molecule has 0 unspecified atom stereocenters. The number of benzene rings is 2. The van der Waals surface area contributed by atoms with Gasteiger partial charge in [0.1, 0.15) is 11.9 Å². The predicted molar refractivity (Wildman–Crippen MR) is 121 cm³/mol. The molecule has 2 amide bonds. The molecule has 1 N–H and O–H groups in total. The van der Waals surface area contributed by atoms with Crippen LogP contribution in [-0.2, 0) is 16.1 Å². The Balaban J connectivity index is 2.08. The van der Waals surface area contributed by atoms with E-state index in [0.717, 1.165) is 11.3 Å². The molecule has 0 aliphatic carbocycles. The quantitative estimate of drug-likeness (QED) is 0.543. The Bertz CT molecular complexity index is 841. The number of carbonyl (C=O) groups excluding carboxylic acids is 2. The topological polar surface area (TPSA) is 49.4 Å². The second kappa shape index (κ2) is 11.7. The van der Waals surface area contributed by atoms with Gasteiger partial charge in [-0.05, 0) is 45.4 Å². The van der Waals surface area contributed by atoms with Gasteiger partial charge in [0, 0.05) is 35.2 Å². The van der Waals surface area contributed by atoms with Gasteiger partial charge in [-0.3, -0.25) is 9.59 Å². The Morgan fingerprint density at radius 1 is 1.10 bits per heavy atom. The van der Waals surface area contributed by atoms with Gasteiger partial charge < -0.3 is 10.2 Å². The summed E-state index contributed by atoms with van der Waals surface area (Å²) in [5.74, 6) is -0.168. The normalized spacial score (nSPS) is 12.8. The third-order valence-corrected chi connectivity index (χ3v) is 6.09. The molecule has 0 aliphatic heterocycles. The van der Waals surface area contributed by atoms with Crippen molar-refractivity contribution >= 4 is 23.6 Å². The van der Waals surface area contributed by atoms with Gasteiger partial charge in [0.15, 0.2) is 0 Å². The van der Waals surface area contributed by atoms with Crippen molar-refractivity contribution in [3.8, 4) is 0 Å². The van der Waals surface area contributed by atoms with Crippen molar-refractivity contribution in [1.82, 2.24) is 10.2 Å². The average molecular weight is 431 g/mol. The molecular weight excluding hydrogens is 399 g/mol. The SMILES string of the molecule is CC[C@H](C)NC(=O)[C@@H](C)N(Cc1ccccc1F)C(=O)CCSc1ccc(C)cc1. The van der Waals surface area contributed by atoms with Gasteiger partial charge in [-0.25, -0.2) is 4.39 Å². The van der Waals surface area contributed by atoms with E-state index >= 15 is 0 Å². The molecule has 0 saturated heterocycles. The summed E-state index contributed by atoms with van der Waals surface area (Å²) in [7, 11) is 0. The molecule has 0 spiro atoms. The Morgan fingerprint density at radius 3 is 2.40 bits per heavy atom. The van der Waals surface area contributed by atoms with Crippen LogP contribution in [0.25, 0.3) is 0 Å². The first-order valence-corrected chi connectivity index (χ1v) is 11.3. The molecule has 0 aliphatic rings. The Labute approximate surface area is 183 Å². The summed E-state index contributed by atoms with van der Waals surface area (Å²) in [6.45, 7) is 7.70. The zero-order valence-corrected chi connectivity index (χ0v) is 19.0. The van der Waals surface area contributed by atoms with E-state index in [1.165, 1.54) is 16.5 Å². The lowest BCUT2D eigenvalue weighted by Crippen LogP contribution is -2.49. The van der Waals surface area contributed by atoms with Gasteiger partial charge in [-0.15, -0.1) is 11.8 Å². The minimum absolute atomic E-state index is 0.0162. The third kappa shape index (κ3) is 7.17. The number of thioether (sulfide) groups is 1. The van der Waals surface area contributed by atoms with Crippen molar-refractivity contribution in [3.63, 3.8) is 0 Å². The maximum atomic E-state index is 14.2. The fourth-order valence-corrected chi connectivity index (χ4v) is 3.73. The van der Waals surface area contributed by atoms with Crippen molar-refractivity contribution in [2.75, 3.05) is 5.75 Å². The fourth-order valence-electron chi connectivity index (χ4n) is 2.89. The predicted octanol–water partition coefficient (Wildman–Crippen LogP) is 4.95. The molecule has 0 aromatic heterocycles. The Kier molecular flexibility index (Phi) is 9.37. The number of nitrogens with zero attached hydrogens (tertiary/aromatic N) is 1. The molecule has 30 heavy (non-hydrogen) atoms. The fraction of sp³-hybridized carbons (Fsp3) is 0.417. The van der Waals surface area contributed by atoms with Crippen LogP contribution in [0.3, 0.4) is 0 Å². The van der Waals surface area contributed by atoms with Gasteiger partial charge in [-0.2, -0.15) is 0 Å². The third-order valence-electron chi connectivity index (χ3n) is 5.07. The molecule has 0 saturated carbocycles. The molecule has 0 fully saturated rings. The maximum absolute atomic E-state index is 14.2. The van der Waals surface area contributed by atoms with E-state index in [-0.39, 0.29) is 36.6 Å². The smallest absolute Gasteiger partial charge is 0.242 e. The van der Waals surface area contributed by atoms with Gasteiger partial charge in [-0.1, -0.05) is 42.8 Å². The summed E-state index contributed by atoms with van der Waals surface area (Å²) in [5, 5.41) is 2.92. The van der Waals surface area contributed by atoms with Crippen molar-refractivity contribution in [1.29, 1.82) is 0 Å². The van der Waals surface area contributed by atoms with E-state index in [0.29, 0.717) is 11.3 Å². The average Bonchev–Trinajstić information content (AvgIpc) is 2.73. The molecule has 162 valence electrons. The number of amides is 2. The van der Waals surface area contributed by atoms with Crippen molar-refractivity contribution in [3.05, 3.63) is 65.5 Å². The number of halogens is 1. The summed E-state index contributed by atoms with van der Waals surface area (Å²) >= 11 is 1.60. The minimum atomic E-state index is -0.685. The van der Waals surface area contributed by atoms with E-state index in [2.05, 4.69) is 5.32 Å². The minimum Gasteiger partial charge on any atom is -0.352 e. The second-order valence-corrected chi connectivity index (χ2v) is 8.69. The summed E-state index contributed by atoms with van der Waals surface area (Å²) in [4.78, 5) is 28.2. The Hall–Kier alpha value is -2.34. The van der Waals surface area contributed by atoms with Crippen LogP contribution >= 0.6 is 11.8 Å².